The molecule has 36 valence electrons. The lowest BCUT2D eigenvalue weighted by molar-refractivity contribution is 0.636. The molecule has 0 aromatic carbocycles. The Hall–Kier alpha value is 0.0249. The van der Waals surface area contributed by atoms with Crippen molar-refractivity contribution in [2.24, 2.45) is 5.73 Å². The molecule has 0 aromatic rings. The van der Waals surface area contributed by atoms with Gasteiger partial charge in [-0.05, 0) is 11.9 Å². The van der Waals surface area contributed by atoms with E-state index >= 15 is 0 Å². The molecule has 0 aromatic heterocycles. The average molecular weight is 85.0 g/mol. The molecule has 2 N–H and O–H groups in total. The molecule has 6 heavy (non-hydrogen) atoms. The summed E-state index contributed by atoms with van der Waals surface area (Å²) < 4.78 is 0. The second-order valence-corrected chi connectivity index (χ2v) is 2.34. The van der Waals surface area contributed by atoms with Crippen molar-refractivity contribution in [3.63, 3.8) is 0 Å². The summed E-state index contributed by atoms with van der Waals surface area (Å²) in [6.07, 6.45) is 1.05. The number of hydrogen-bond donors (Lipinski definition) is 1. The van der Waals surface area contributed by atoms with Gasteiger partial charge in [-0.2, -0.15) is 0 Å². The largest absolute Gasteiger partial charge is 0.333 e. The lowest BCUT2D eigenvalue weighted by Crippen LogP contribution is -2.35. The van der Waals surface area contributed by atoms with E-state index in [1.54, 1.807) is 0 Å². The van der Waals surface area contributed by atoms with Gasteiger partial charge in [-0.25, -0.2) is 0 Å². The zero-order chi connectivity index (χ0) is 5.21. The molecule has 1 unspecified atom stereocenters. The molecule has 0 heterocycles. The highest BCUT2D eigenvalue weighted by atomic mass is 14.7. The summed E-state index contributed by atoms with van der Waals surface area (Å²) in [6.45, 7) is 4.10. The first-order valence-corrected chi connectivity index (χ1v) is 2.35. The van der Waals surface area contributed by atoms with Gasteiger partial charge in [-0.1, -0.05) is 13.8 Å². The Labute approximate surface area is 40.3 Å². The van der Waals surface area contributed by atoms with Gasteiger partial charge in [0.25, 0.3) is 0 Å². The van der Waals surface area contributed by atoms with Crippen molar-refractivity contribution in [1.82, 2.24) is 0 Å². The third-order valence-corrected chi connectivity index (χ3v) is 0.911. The Kier molecular flexibility index (Phi) is 1.66. The van der Waals surface area contributed by atoms with Gasteiger partial charge in [-0.3, -0.25) is 0 Å². The lowest BCUT2D eigenvalue weighted by atomic mass is 9.79. The van der Waals surface area contributed by atoms with Crippen LogP contribution in [0.15, 0.2) is 0 Å². The fourth-order valence-corrected chi connectivity index (χ4v) is 0. The fraction of sp³-hybridized carbons (Fsp3) is 1.00. The predicted octanol–water partition coefficient (Wildman–Crippen LogP) is -0.296. The highest BCUT2D eigenvalue weighted by molar-refractivity contribution is 6.14. The summed E-state index contributed by atoms with van der Waals surface area (Å²) in [5, 5.41) is 0. The molecule has 0 radical (unpaired) electrons. The monoisotopic (exact) mass is 85.1 g/mol. The van der Waals surface area contributed by atoms with Gasteiger partial charge < -0.3 is 5.73 Å². The Morgan fingerprint density at radius 2 is 2.00 bits per heavy atom. The average Bonchev–Trinajstić information content (AvgIpc) is 1.35. The van der Waals surface area contributed by atoms with E-state index in [0.29, 0.717) is 0 Å². The van der Waals surface area contributed by atoms with E-state index in [1.807, 2.05) is 14.8 Å². The Morgan fingerprint density at radius 3 is 2.00 bits per heavy atom. The highest BCUT2D eigenvalue weighted by Gasteiger charge is 2.03. The minimum absolute atomic E-state index is 0.0417. The van der Waals surface area contributed by atoms with Crippen LogP contribution in [0.2, 0.25) is 0 Å². The molecule has 0 spiro atoms. The van der Waals surface area contributed by atoms with Gasteiger partial charge >= 0.3 is 0 Å². The molecule has 0 aliphatic rings. The SMILES string of the molecule is BC(C)(N)CC. The molecule has 0 fully saturated rings. The first-order chi connectivity index (χ1) is 2.56. The first-order valence-electron chi connectivity index (χ1n) is 2.35. The van der Waals surface area contributed by atoms with Crippen LogP contribution < -0.4 is 5.73 Å². The van der Waals surface area contributed by atoms with Crippen LogP contribution in [0.5, 0.6) is 0 Å². The predicted molar refractivity (Wildman–Crippen MR) is 31.4 cm³/mol. The Balaban J connectivity index is 3.17. The van der Waals surface area contributed by atoms with Crippen LogP contribution in [0.25, 0.3) is 0 Å². The Bertz CT molecular complexity index is 37.3. The first kappa shape index (κ1) is 6.02. The van der Waals surface area contributed by atoms with E-state index in [4.69, 9.17) is 5.73 Å². The summed E-state index contributed by atoms with van der Waals surface area (Å²) >= 11 is 0. The summed E-state index contributed by atoms with van der Waals surface area (Å²) in [6, 6.07) is 0. The summed E-state index contributed by atoms with van der Waals surface area (Å²) in [5.41, 5.74) is 5.58. The minimum atomic E-state index is 0.0417. The molecule has 0 aliphatic carbocycles. The van der Waals surface area contributed by atoms with E-state index < -0.39 is 0 Å². The second kappa shape index (κ2) is 1.65. The van der Waals surface area contributed by atoms with Crippen LogP contribution in [0, 0.1) is 0 Å². The smallest absolute Gasteiger partial charge is 0.126 e. The topological polar surface area (TPSA) is 26.0 Å². The van der Waals surface area contributed by atoms with Gasteiger partial charge in [-0.15, -0.1) is 0 Å². The molecule has 0 amide bonds. The summed E-state index contributed by atoms with van der Waals surface area (Å²) in [5.74, 6) is 0. The Morgan fingerprint density at radius 1 is 1.83 bits per heavy atom. The van der Waals surface area contributed by atoms with Crippen LogP contribution in [-0.4, -0.2) is 13.3 Å². The van der Waals surface area contributed by atoms with E-state index in [2.05, 4.69) is 6.92 Å². The molecular weight excluding hydrogens is 72.9 g/mol. The molecule has 1 nitrogen and oxygen atoms in total. The maximum Gasteiger partial charge on any atom is 0.126 e. The number of nitrogens with two attached hydrogens (primary N) is 1. The number of hydrogen-bond acceptors (Lipinski definition) is 1. The van der Waals surface area contributed by atoms with Gasteiger partial charge in [0.15, 0.2) is 0 Å². The van der Waals surface area contributed by atoms with Gasteiger partial charge in [0.2, 0.25) is 0 Å². The highest BCUT2D eigenvalue weighted by Crippen LogP contribution is 1.94. The molecule has 0 saturated heterocycles. The van der Waals surface area contributed by atoms with Crippen LogP contribution in [0.4, 0.5) is 0 Å². The minimum Gasteiger partial charge on any atom is -0.333 e. The molecular formula is C4H12BN. The second-order valence-electron chi connectivity index (χ2n) is 2.34. The van der Waals surface area contributed by atoms with Crippen LogP contribution in [-0.2, 0) is 0 Å². The van der Waals surface area contributed by atoms with E-state index in [0.717, 1.165) is 6.42 Å². The zero-order valence-corrected chi connectivity index (χ0v) is 4.78. The quantitative estimate of drug-likeness (QED) is 0.435. The van der Waals surface area contributed by atoms with Crippen molar-refractivity contribution in [1.29, 1.82) is 0 Å². The molecule has 0 bridgehead atoms. The molecule has 2 heteroatoms. The normalized spacial score (nSPS) is 19.8. The molecule has 0 saturated carbocycles. The van der Waals surface area contributed by atoms with Crippen LogP contribution in [0.1, 0.15) is 20.3 Å². The van der Waals surface area contributed by atoms with E-state index in [9.17, 15) is 0 Å². The fourth-order valence-electron chi connectivity index (χ4n) is 0. The lowest BCUT2D eigenvalue weighted by Gasteiger charge is -2.13. The van der Waals surface area contributed by atoms with Gasteiger partial charge in [0, 0.05) is 0 Å². The molecule has 0 rings (SSSR count). The van der Waals surface area contributed by atoms with Crippen molar-refractivity contribution in [2.75, 3.05) is 0 Å². The number of rotatable bonds is 1. The van der Waals surface area contributed by atoms with Crippen molar-refractivity contribution >= 4 is 7.85 Å². The maximum atomic E-state index is 5.53. The van der Waals surface area contributed by atoms with Crippen LogP contribution >= 0.6 is 0 Å². The van der Waals surface area contributed by atoms with Crippen molar-refractivity contribution in [3.05, 3.63) is 0 Å². The van der Waals surface area contributed by atoms with E-state index in [-0.39, 0.29) is 5.44 Å². The molecule has 0 aliphatic heterocycles. The summed E-state index contributed by atoms with van der Waals surface area (Å²) in [7, 11) is 2.02. The third kappa shape index (κ3) is 4.02. The van der Waals surface area contributed by atoms with Crippen molar-refractivity contribution < 1.29 is 0 Å². The van der Waals surface area contributed by atoms with E-state index in [1.165, 1.54) is 0 Å². The summed E-state index contributed by atoms with van der Waals surface area (Å²) in [4.78, 5) is 0. The zero-order valence-electron chi connectivity index (χ0n) is 4.78. The van der Waals surface area contributed by atoms with Gasteiger partial charge in [0.05, 0.1) is 0 Å². The van der Waals surface area contributed by atoms with Gasteiger partial charge in [0.1, 0.15) is 7.85 Å². The van der Waals surface area contributed by atoms with Crippen molar-refractivity contribution in [3.8, 4) is 0 Å². The van der Waals surface area contributed by atoms with Crippen molar-refractivity contribution in [2.45, 2.75) is 25.7 Å². The van der Waals surface area contributed by atoms with Crippen LogP contribution in [0.3, 0.4) is 0 Å². The standard InChI is InChI=1S/C4H12BN/c1-3-4(2,5)6/h3,5-6H2,1-2H3. The molecule has 1 atom stereocenters. The third-order valence-electron chi connectivity index (χ3n) is 0.911. The maximum absolute atomic E-state index is 5.53.